The predicted octanol–water partition coefficient (Wildman–Crippen LogP) is 3.80. The maximum absolute atomic E-state index is 13.7. The minimum absolute atomic E-state index is 0.109. The lowest BCUT2D eigenvalue weighted by molar-refractivity contribution is -0.141. The SMILES string of the molecule is COc1ccc(CC(=O)OCC(=O)c2cc(C)n(C(C)C)c2C)cc1F. The fraction of sp³-hybridized carbons (Fsp3) is 0.400. The molecule has 140 valence electrons. The first-order valence-corrected chi connectivity index (χ1v) is 8.44. The molecule has 2 aromatic rings. The monoisotopic (exact) mass is 361 g/mol. The van der Waals surface area contributed by atoms with Crippen molar-refractivity contribution in [1.29, 1.82) is 0 Å². The lowest BCUT2D eigenvalue weighted by Gasteiger charge is -2.13. The molecule has 0 unspecified atom stereocenters. The molecule has 0 N–H and O–H groups in total. The summed E-state index contributed by atoms with van der Waals surface area (Å²) < 4.78 is 25.6. The van der Waals surface area contributed by atoms with Crippen molar-refractivity contribution in [2.24, 2.45) is 0 Å². The zero-order valence-corrected chi connectivity index (χ0v) is 15.8. The Bertz CT molecular complexity index is 823. The number of hydrogen-bond acceptors (Lipinski definition) is 4. The molecular formula is C20H24FNO4. The zero-order valence-electron chi connectivity index (χ0n) is 15.8. The normalized spacial score (nSPS) is 10.9. The predicted molar refractivity (Wildman–Crippen MR) is 96.2 cm³/mol. The van der Waals surface area contributed by atoms with E-state index in [9.17, 15) is 14.0 Å². The van der Waals surface area contributed by atoms with E-state index in [0.29, 0.717) is 11.1 Å². The van der Waals surface area contributed by atoms with Gasteiger partial charge in [0.2, 0.25) is 5.78 Å². The third kappa shape index (κ3) is 4.31. The summed E-state index contributed by atoms with van der Waals surface area (Å²) in [6.07, 6.45) is -0.112. The van der Waals surface area contributed by atoms with Gasteiger partial charge < -0.3 is 14.0 Å². The summed E-state index contributed by atoms with van der Waals surface area (Å²) in [5.74, 6) is -1.27. The number of rotatable bonds is 7. The van der Waals surface area contributed by atoms with Crippen LogP contribution in [0, 0.1) is 19.7 Å². The minimum atomic E-state index is -0.583. The summed E-state index contributed by atoms with van der Waals surface area (Å²) >= 11 is 0. The van der Waals surface area contributed by atoms with Gasteiger partial charge in [0, 0.05) is 23.0 Å². The van der Waals surface area contributed by atoms with Gasteiger partial charge in [0.15, 0.2) is 18.2 Å². The number of carbonyl (C=O) groups is 2. The molecule has 2 rings (SSSR count). The first kappa shape index (κ1) is 19.7. The Labute approximate surface area is 152 Å². The largest absolute Gasteiger partial charge is 0.494 e. The number of carbonyl (C=O) groups excluding carboxylic acids is 2. The topological polar surface area (TPSA) is 57.5 Å². The van der Waals surface area contributed by atoms with Gasteiger partial charge in [-0.1, -0.05) is 6.07 Å². The van der Waals surface area contributed by atoms with Gasteiger partial charge in [-0.2, -0.15) is 0 Å². The Morgan fingerprint density at radius 1 is 1.19 bits per heavy atom. The molecule has 6 heteroatoms. The van der Waals surface area contributed by atoms with Crippen molar-refractivity contribution in [2.75, 3.05) is 13.7 Å². The highest BCUT2D eigenvalue weighted by Crippen LogP contribution is 2.21. The van der Waals surface area contributed by atoms with E-state index in [1.807, 2.05) is 33.8 Å². The van der Waals surface area contributed by atoms with Gasteiger partial charge in [-0.05, 0) is 51.5 Å². The van der Waals surface area contributed by atoms with Crippen LogP contribution in [0.3, 0.4) is 0 Å². The minimum Gasteiger partial charge on any atom is -0.494 e. The first-order chi connectivity index (χ1) is 12.2. The average molecular weight is 361 g/mol. The summed E-state index contributed by atoms with van der Waals surface area (Å²) in [5, 5.41) is 0. The molecule has 1 heterocycles. The molecule has 0 aliphatic rings. The summed E-state index contributed by atoms with van der Waals surface area (Å²) in [7, 11) is 1.37. The highest BCUT2D eigenvalue weighted by atomic mass is 19.1. The Kier molecular flexibility index (Phi) is 6.18. The number of nitrogens with zero attached hydrogens (tertiary/aromatic N) is 1. The zero-order chi connectivity index (χ0) is 19.4. The molecule has 0 radical (unpaired) electrons. The van der Waals surface area contributed by atoms with Gasteiger partial charge in [-0.15, -0.1) is 0 Å². The molecule has 0 aliphatic carbocycles. The van der Waals surface area contributed by atoms with Crippen LogP contribution in [0.15, 0.2) is 24.3 Å². The van der Waals surface area contributed by atoms with Crippen LogP contribution in [0.5, 0.6) is 5.75 Å². The van der Waals surface area contributed by atoms with E-state index in [2.05, 4.69) is 4.57 Å². The lowest BCUT2D eigenvalue weighted by Crippen LogP contribution is -2.16. The molecule has 0 atom stereocenters. The van der Waals surface area contributed by atoms with Gasteiger partial charge in [-0.25, -0.2) is 4.39 Å². The van der Waals surface area contributed by atoms with E-state index < -0.39 is 11.8 Å². The van der Waals surface area contributed by atoms with Crippen LogP contribution >= 0.6 is 0 Å². The van der Waals surface area contributed by atoms with Crippen LogP contribution in [0.4, 0.5) is 4.39 Å². The average Bonchev–Trinajstić information content (AvgIpc) is 2.87. The number of ketones is 1. The van der Waals surface area contributed by atoms with Crippen molar-refractivity contribution in [3.05, 3.63) is 52.6 Å². The standard InChI is InChI=1S/C20H24FNO4/c1-12(2)22-13(3)8-16(14(22)4)18(23)11-26-20(24)10-15-6-7-19(25-5)17(21)9-15/h6-9,12H,10-11H2,1-5H3. The third-order valence-corrected chi connectivity index (χ3v) is 4.23. The molecular weight excluding hydrogens is 337 g/mol. The third-order valence-electron chi connectivity index (χ3n) is 4.23. The molecule has 0 fully saturated rings. The number of hydrogen-bond donors (Lipinski definition) is 0. The van der Waals surface area contributed by atoms with Crippen LogP contribution in [0.25, 0.3) is 0 Å². The number of esters is 1. The van der Waals surface area contributed by atoms with Gasteiger partial charge in [0.25, 0.3) is 0 Å². The molecule has 0 spiro atoms. The molecule has 5 nitrogen and oxygen atoms in total. The number of methoxy groups -OCH3 is 1. The van der Waals surface area contributed by atoms with Crippen molar-refractivity contribution in [3.63, 3.8) is 0 Å². The lowest BCUT2D eigenvalue weighted by atomic mass is 10.1. The number of aryl methyl sites for hydroxylation is 1. The second-order valence-corrected chi connectivity index (χ2v) is 6.48. The second kappa shape index (κ2) is 8.17. The van der Waals surface area contributed by atoms with Crippen molar-refractivity contribution in [1.82, 2.24) is 4.57 Å². The van der Waals surface area contributed by atoms with E-state index in [-0.39, 0.29) is 30.6 Å². The van der Waals surface area contributed by atoms with Crippen LogP contribution < -0.4 is 4.74 Å². The van der Waals surface area contributed by atoms with E-state index >= 15 is 0 Å². The fourth-order valence-electron chi connectivity index (χ4n) is 3.12. The van der Waals surface area contributed by atoms with E-state index in [4.69, 9.17) is 9.47 Å². The number of Topliss-reactive ketones (excluding diaryl/α,β-unsaturated/α-hetero) is 1. The van der Waals surface area contributed by atoms with Gasteiger partial charge in [0.05, 0.1) is 13.5 Å². The summed E-state index contributed by atoms with van der Waals surface area (Å²) in [4.78, 5) is 24.3. The molecule has 0 amide bonds. The molecule has 26 heavy (non-hydrogen) atoms. The summed E-state index contributed by atoms with van der Waals surface area (Å²) in [6, 6.07) is 6.30. The van der Waals surface area contributed by atoms with Crippen molar-refractivity contribution < 1.29 is 23.5 Å². The Hall–Kier alpha value is -2.63. The van der Waals surface area contributed by atoms with Crippen LogP contribution in [0.2, 0.25) is 0 Å². The highest BCUT2D eigenvalue weighted by molar-refractivity contribution is 5.99. The number of halogens is 1. The number of ether oxygens (including phenoxy) is 2. The maximum atomic E-state index is 13.7. The highest BCUT2D eigenvalue weighted by Gasteiger charge is 2.18. The quantitative estimate of drug-likeness (QED) is 0.556. The molecule has 0 bridgehead atoms. The molecule has 1 aromatic heterocycles. The summed E-state index contributed by atoms with van der Waals surface area (Å²) in [5.41, 5.74) is 2.86. The van der Waals surface area contributed by atoms with Gasteiger partial charge in [-0.3, -0.25) is 9.59 Å². The molecule has 0 saturated heterocycles. The second-order valence-electron chi connectivity index (χ2n) is 6.48. The molecule has 1 aromatic carbocycles. The summed E-state index contributed by atoms with van der Waals surface area (Å²) in [6.45, 7) is 7.57. The molecule has 0 saturated carbocycles. The van der Waals surface area contributed by atoms with E-state index in [1.165, 1.54) is 19.2 Å². The Balaban J connectivity index is 1.98. The van der Waals surface area contributed by atoms with E-state index in [1.54, 1.807) is 6.07 Å². The van der Waals surface area contributed by atoms with Gasteiger partial charge >= 0.3 is 5.97 Å². The number of benzene rings is 1. The van der Waals surface area contributed by atoms with Crippen LogP contribution in [-0.2, 0) is 16.0 Å². The molecule has 0 aliphatic heterocycles. The van der Waals surface area contributed by atoms with Crippen LogP contribution in [-0.4, -0.2) is 30.0 Å². The number of aromatic nitrogens is 1. The van der Waals surface area contributed by atoms with Gasteiger partial charge in [0.1, 0.15) is 0 Å². The van der Waals surface area contributed by atoms with E-state index in [0.717, 1.165) is 11.4 Å². The Morgan fingerprint density at radius 3 is 2.42 bits per heavy atom. The maximum Gasteiger partial charge on any atom is 0.310 e. The smallest absolute Gasteiger partial charge is 0.310 e. The van der Waals surface area contributed by atoms with Crippen molar-refractivity contribution >= 4 is 11.8 Å². The van der Waals surface area contributed by atoms with Crippen molar-refractivity contribution in [3.8, 4) is 5.75 Å². The van der Waals surface area contributed by atoms with Crippen LogP contribution in [0.1, 0.15) is 47.2 Å². The Morgan fingerprint density at radius 2 is 1.88 bits per heavy atom. The van der Waals surface area contributed by atoms with Crippen molar-refractivity contribution in [2.45, 2.75) is 40.2 Å². The first-order valence-electron chi connectivity index (χ1n) is 8.44. The fourth-order valence-corrected chi connectivity index (χ4v) is 3.12.